The zero-order valence-corrected chi connectivity index (χ0v) is 14.1. The van der Waals surface area contributed by atoms with Gasteiger partial charge in [0.25, 0.3) is 0 Å². The van der Waals surface area contributed by atoms with E-state index in [2.05, 4.69) is 36.5 Å². The number of rotatable bonds is 4. The number of hydrogen-bond acceptors (Lipinski definition) is 3. The van der Waals surface area contributed by atoms with Gasteiger partial charge in [-0.1, -0.05) is 37.1 Å². The maximum atomic E-state index is 12.6. The maximum Gasteiger partial charge on any atom is 0.240 e. The van der Waals surface area contributed by atoms with E-state index in [-0.39, 0.29) is 11.3 Å². The maximum absolute atomic E-state index is 12.6. The highest BCUT2D eigenvalue weighted by molar-refractivity contribution is 5.86. The van der Waals surface area contributed by atoms with Crippen LogP contribution in [0.25, 0.3) is 0 Å². The van der Waals surface area contributed by atoms with Gasteiger partial charge < -0.3 is 15.8 Å². The first-order valence-corrected chi connectivity index (χ1v) is 8.77. The molecule has 2 aliphatic rings. The lowest BCUT2D eigenvalue weighted by Gasteiger charge is -2.39. The molecule has 1 heterocycles. The van der Waals surface area contributed by atoms with Crippen molar-refractivity contribution in [1.82, 2.24) is 5.32 Å². The van der Waals surface area contributed by atoms with Gasteiger partial charge in [-0.3, -0.25) is 4.79 Å². The van der Waals surface area contributed by atoms with Crippen molar-refractivity contribution in [2.24, 2.45) is 5.73 Å². The van der Waals surface area contributed by atoms with Crippen LogP contribution in [0.4, 0.5) is 0 Å². The highest BCUT2D eigenvalue weighted by Crippen LogP contribution is 2.36. The molecule has 4 nitrogen and oxygen atoms in total. The van der Waals surface area contributed by atoms with Crippen LogP contribution in [0.15, 0.2) is 24.3 Å². The van der Waals surface area contributed by atoms with Crippen LogP contribution in [0.1, 0.15) is 49.7 Å². The second-order valence-corrected chi connectivity index (χ2v) is 7.25. The van der Waals surface area contributed by atoms with Crippen LogP contribution >= 0.6 is 0 Å². The van der Waals surface area contributed by atoms with E-state index in [4.69, 9.17) is 10.5 Å². The van der Waals surface area contributed by atoms with Gasteiger partial charge in [0, 0.05) is 25.2 Å². The Balaban J connectivity index is 1.77. The highest BCUT2D eigenvalue weighted by Gasteiger charge is 2.40. The highest BCUT2D eigenvalue weighted by atomic mass is 16.5. The van der Waals surface area contributed by atoms with Crippen molar-refractivity contribution in [3.05, 3.63) is 35.4 Å². The second kappa shape index (κ2) is 6.62. The van der Waals surface area contributed by atoms with Gasteiger partial charge in [-0.25, -0.2) is 0 Å². The summed E-state index contributed by atoms with van der Waals surface area (Å²) in [6.07, 6.45) is 5.60. The molecule has 1 saturated carbocycles. The smallest absolute Gasteiger partial charge is 0.240 e. The molecule has 0 unspecified atom stereocenters. The summed E-state index contributed by atoms with van der Waals surface area (Å²) in [4.78, 5) is 12.6. The van der Waals surface area contributed by atoms with Crippen LogP contribution < -0.4 is 11.1 Å². The lowest BCUT2D eigenvalue weighted by Crippen LogP contribution is -2.55. The summed E-state index contributed by atoms with van der Waals surface area (Å²) >= 11 is 0. The van der Waals surface area contributed by atoms with Crippen LogP contribution in [0.3, 0.4) is 0 Å². The molecule has 0 bridgehead atoms. The number of amides is 1. The predicted octanol–water partition coefficient (Wildman–Crippen LogP) is 2.43. The fourth-order valence-corrected chi connectivity index (χ4v) is 4.13. The summed E-state index contributed by atoms with van der Waals surface area (Å²) in [7, 11) is 0. The first kappa shape index (κ1) is 16.5. The third-order valence-corrected chi connectivity index (χ3v) is 5.70. The van der Waals surface area contributed by atoms with Gasteiger partial charge in [-0.05, 0) is 43.7 Å². The normalized spacial score (nSPS) is 22.7. The van der Waals surface area contributed by atoms with Gasteiger partial charge in [0.15, 0.2) is 0 Å². The van der Waals surface area contributed by atoms with Crippen LogP contribution in [-0.2, 0) is 14.9 Å². The molecule has 23 heavy (non-hydrogen) atoms. The molecule has 3 rings (SSSR count). The molecular weight excluding hydrogens is 288 g/mol. The molecule has 1 amide bonds. The first-order chi connectivity index (χ1) is 11.1. The molecule has 0 atom stereocenters. The number of benzene rings is 1. The van der Waals surface area contributed by atoms with Crippen LogP contribution in [0, 0.1) is 6.92 Å². The quantitative estimate of drug-likeness (QED) is 0.896. The summed E-state index contributed by atoms with van der Waals surface area (Å²) in [5.41, 5.74) is 8.22. The van der Waals surface area contributed by atoms with Gasteiger partial charge in [0.1, 0.15) is 0 Å². The van der Waals surface area contributed by atoms with Crippen molar-refractivity contribution in [1.29, 1.82) is 0 Å². The fraction of sp³-hybridized carbons (Fsp3) is 0.632. The van der Waals surface area contributed by atoms with E-state index in [9.17, 15) is 4.79 Å². The Kier molecular flexibility index (Phi) is 4.74. The van der Waals surface area contributed by atoms with Crippen LogP contribution in [0.5, 0.6) is 0 Å². The van der Waals surface area contributed by atoms with E-state index in [1.54, 1.807) is 0 Å². The van der Waals surface area contributed by atoms with Crippen molar-refractivity contribution in [2.45, 2.75) is 56.4 Å². The molecule has 2 fully saturated rings. The topological polar surface area (TPSA) is 64.4 Å². The van der Waals surface area contributed by atoms with Crippen LogP contribution in [0.2, 0.25) is 0 Å². The SMILES string of the molecule is Cc1ccccc1C1(CNC(=O)C2(N)CCCC2)CCOCC1. The van der Waals surface area contributed by atoms with Gasteiger partial charge >= 0.3 is 0 Å². The van der Waals surface area contributed by atoms with Crippen LogP contribution in [-0.4, -0.2) is 31.2 Å². The van der Waals surface area contributed by atoms with Gasteiger partial charge in [0.05, 0.1) is 5.54 Å². The summed E-state index contributed by atoms with van der Waals surface area (Å²) in [6, 6.07) is 8.50. The third-order valence-electron chi connectivity index (χ3n) is 5.70. The molecule has 1 aromatic carbocycles. The Morgan fingerprint density at radius 2 is 1.83 bits per heavy atom. The molecule has 1 aliphatic carbocycles. The van der Waals surface area contributed by atoms with E-state index in [1.165, 1.54) is 11.1 Å². The monoisotopic (exact) mass is 316 g/mol. The molecule has 1 aliphatic heterocycles. The van der Waals surface area contributed by atoms with Gasteiger partial charge in [-0.15, -0.1) is 0 Å². The molecule has 3 N–H and O–H groups in total. The lowest BCUT2D eigenvalue weighted by molar-refractivity contribution is -0.126. The Hall–Kier alpha value is -1.39. The predicted molar refractivity (Wildman–Crippen MR) is 91.3 cm³/mol. The molecule has 4 heteroatoms. The largest absolute Gasteiger partial charge is 0.381 e. The van der Waals surface area contributed by atoms with Crippen molar-refractivity contribution < 1.29 is 9.53 Å². The van der Waals surface area contributed by atoms with E-state index < -0.39 is 5.54 Å². The molecule has 1 saturated heterocycles. The Labute approximate surface area is 138 Å². The minimum absolute atomic E-state index is 0.0226. The lowest BCUT2D eigenvalue weighted by atomic mass is 9.72. The average Bonchev–Trinajstić information content (AvgIpc) is 3.02. The van der Waals surface area contributed by atoms with Crippen molar-refractivity contribution >= 4 is 5.91 Å². The Bertz CT molecular complexity index is 558. The van der Waals surface area contributed by atoms with E-state index in [0.29, 0.717) is 6.54 Å². The molecule has 126 valence electrons. The Morgan fingerprint density at radius 1 is 1.17 bits per heavy atom. The summed E-state index contributed by atoms with van der Waals surface area (Å²) in [5, 5.41) is 3.18. The standard InChI is InChI=1S/C19H28N2O2/c1-15-6-2-3-7-16(15)18(10-12-23-13-11-18)14-21-17(22)19(20)8-4-5-9-19/h2-3,6-7H,4-5,8-14,20H2,1H3,(H,21,22). The number of nitrogens with one attached hydrogen (secondary N) is 1. The van der Waals surface area contributed by atoms with Crippen molar-refractivity contribution in [2.75, 3.05) is 19.8 Å². The molecular formula is C19H28N2O2. The second-order valence-electron chi connectivity index (χ2n) is 7.25. The van der Waals surface area contributed by atoms with E-state index in [1.807, 2.05) is 0 Å². The minimum atomic E-state index is -0.655. The molecule has 0 spiro atoms. The molecule has 1 aromatic rings. The summed E-state index contributed by atoms with van der Waals surface area (Å²) in [5.74, 6) is 0.0226. The number of carbonyl (C=O) groups is 1. The zero-order valence-electron chi connectivity index (χ0n) is 14.1. The first-order valence-electron chi connectivity index (χ1n) is 8.77. The zero-order chi connectivity index (χ0) is 16.3. The number of carbonyl (C=O) groups excluding carboxylic acids is 1. The van der Waals surface area contributed by atoms with Crippen molar-refractivity contribution in [3.63, 3.8) is 0 Å². The molecule has 0 radical (unpaired) electrons. The number of ether oxygens (including phenoxy) is 1. The average molecular weight is 316 g/mol. The third kappa shape index (κ3) is 3.29. The number of aryl methyl sites for hydroxylation is 1. The van der Waals surface area contributed by atoms with Gasteiger partial charge in [0.2, 0.25) is 5.91 Å². The summed E-state index contributed by atoms with van der Waals surface area (Å²) < 4.78 is 5.58. The minimum Gasteiger partial charge on any atom is -0.381 e. The number of hydrogen-bond donors (Lipinski definition) is 2. The van der Waals surface area contributed by atoms with E-state index in [0.717, 1.165) is 51.7 Å². The fourth-order valence-electron chi connectivity index (χ4n) is 4.13. The number of nitrogens with two attached hydrogens (primary N) is 1. The van der Waals surface area contributed by atoms with Gasteiger partial charge in [-0.2, -0.15) is 0 Å². The molecule has 0 aromatic heterocycles. The summed E-state index contributed by atoms with van der Waals surface area (Å²) in [6.45, 7) is 4.30. The Morgan fingerprint density at radius 3 is 2.48 bits per heavy atom. The van der Waals surface area contributed by atoms with Crippen molar-refractivity contribution in [3.8, 4) is 0 Å². The van der Waals surface area contributed by atoms with E-state index >= 15 is 0 Å².